The van der Waals surface area contributed by atoms with Crippen LogP contribution in [0.1, 0.15) is 59.8 Å². The van der Waals surface area contributed by atoms with Crippen molar-refractivity contribution in [3.63, 3.8) is 0 Å². The molecular weight excluding hydrogens is 266 g/mol. The molecule has 122 valence electrons. The molecule has 0 aromatic heterocycles. The topological polar surface area (TPSA) is 78.9 Å². The lowest BCUT2D eigenvalue weighted by Crippen LogP contribution is -2.48. The number of nitrogens with two attached hydrogens (primary N) is 1. The molecule has 0 saturated heterocycles. The number of carbonyl (C=O) groups is 1. The van der Waals surface area contributed by atoms with Crippen molar-refractivity contribution in [2.45, 2.75) is 65.8 Å². The summed E-state index contributed by atoms with van der Waals surface area (Å²) in [6, 6.07) is 0.323. The lowest BCUT2D eigenvalue weighted by molar-refractivity contribution is -0.137. The fraction of sp³-hybridized carbons (Fsp3) is 0.875. The zero-order valence-corrected chi connectivity index (χ0v) is 13.9. The van der Waals surface area contributed by atoms with E-state index in [0.29, 0.717) is 12.0 Å². The summed E-state index contributed by atoms with van der Waals surface area (Å²) >= 11 is 0. The number of hydrogen-bond acceptors (Lipinski definition) is 3. The zero-order valence-electron chi connectivity index (χ0n) is 13.9. The van der Waals surface area contributed by atoms with Crippen LogP contribution in [0.15, 0.2) is 5.16 Å². The first-order valence-corrected chi connectivity index (χ1v) is 8.16. The van der Waals surface area contributed by atoms with Gasteiger partial charge in [0.25, 0.3) is 0 Å². The fourth-order valence-electron chi connectivity index (χ4n) is 3.08. The Hall–Kier alpha value is -1.26. The highest BCUT2D eigenvalue weighted by atomic mass is 16.4. The van der Waals surface area contributed by atoms with Crippen molar-refractivity contribution in [1.82, 2.24) is 4.90 Å². The molecule has 1 saturated carbocycles. The molecule has 0 aromatic carbocycles. The number of rotatable bonds is 7. The van der Waals surface area contributed by atoms with E-state index < -0.39 is 5.92 Å². The van der Waals surface area contributed by atoms with Crippen LogP contribution in [-0.2, 0) is 4.79 Å². The van der Waals surface area contributed by atoms with E-state index >= 15 is 0 Å². The highest BCUT2D eigenvalue weighted by molar-refractivity contribution is 6.02. The van der Waals surface area contributed by atoms with Crippen LogP contribution in [0.4, 0.5) is 0 Å². The van der Waals surface area contributed by atoms with Crippen LogP contribution in [0, 0.1) is 17.8 Å². The monoisotopic (exact) mass is 297 g/mol. The van der Waals surface area contributed by atoms with Crippen molar-refractivity contribution in [3.05, 3.63) is 0 Å². The van der Waals surface area contributed by atoms with E-state index in [9.17, 15) is 4.79 Å². The lowest BCUT2D eigenvalue weighted by atomic mass is 9.92. The van der Waals surface area contributed by atoms with Crippen LogP contribution in [0.3, 0.4) is 0 Å². The van der Waals surface area contributed by atoms with E-state index in [-0.39, 0.29) is 17.7 Å². The van der Waals surface area contributed by atoms with Gasteiger partial charge in [0.05, 0.1) is 0 Å². The van der Waals surface area contributed by atoms with Gasteiger partial charge in [0.15, 0.2) is 5.84 Å². The fourth-order valence-corrected chi connectivity index (χ4v) is 3.08. The molecule has 21 heavy (non-hydrogen) atoms. The van der Waals surface area contributed by atoms with Gasteiger partial charge in [-0.3, -0.25) is 4.79 Å². The highest BCUT2D eigenvalue weighted by Gasteiger charge is 2.35. The number of nitrogens with zero attached hydrogens (tertiary/aromatic N) is 2. The van der Waals surface area contributed by atoms with Gasteiger partial charge in [0.1, 0.15) is 5.92 Å². The second-order valence-electron chi connectivity index (χ2n) is 6.90. The van der Waals surface area contributed by atoms with E-state index in [0.717, 1.165) is 25.8 Å². The maximum Gasteiger partial charge on any atom is 0.233 e. The molecule has 0 aliphatic heterocycles. The summed E-state index contributed by atoms with van der Waals surface area (Å²) in [5.74, 6) is 0.109. The van der Waals surface area contributed by atoms with Crippen LogP contribution in [-0.4, -0.2) is 34.4 Å². The van der Waals surface area contributed by atoms with Crippen LogP contribution < -0.4 is 5.73 Å². The minimum absolute atomic E-state index is 0.0212. The summed E-state index contributed by atoms with van der Waals surface area (Å²) in [7, 11) is 0. The average Bonchev–Trinajstić information content (AvgIpc) is 2.92. The molecule has 1 fully saturated rings. The summed E-state index contributed by atoms with van der Waals surface area (Å²) in [4.78, 5) is 14.9. The van der Waals surface area contributed by atoms with E-state index in [2.05, 4.69) is 19.0 Å². The average molecular weight is 297 g/mol. The molecule has 0 radical (unpaired) electrons. The van der Waals surface area contributed by atoms with Gasteiger partial charge >= 0.3 is 0 Å². The standard InChI is InChI=1S/C16H31N3O2/c1-11(2)9-10-19(13-7-5-6-8-13)16(20)14(12(3)4)15(17)18-21/h11-14,21H,5-10H2,1-4H3,(H2,17,18). The Balaban J connectivity index is 2.90. The van der Waals surface area contributed by atoms with Gasteiger partial charge in [-0.1, -0.05) is 45.7 Å². The van der Waals surface area contributed by atoms with Crippen molar-refractivity contribution in [2.75, 3.05) is 6.54 Å². The Kier molecular flexibility index (Phi) is 6.99. The van der Waals surface area contributed by atoms with Gasteiger partial charge in [-0.2, -0.15) is 0 Å². The van der Waals surface area contributed by atoms with Gasteiger partial charge in [-0.05, 0) is 31.1 Å². The molecule has 3 N–H and O–H groups in total. The molecule has 0 heterocycles. The van der Waals surface area contributed by atoms with Crippen LogP contribution in [0.5, 0.6) is 0 Å². The minimum Gasteiger partial charge on any atom is -0.409 e. The van der Waals surface area contributed by atoms with E-state index in [1.807, 2.05) is 18.7 Å². The van der Waals surface area contributed by atoms with Crippen LogP contribution in [0.2, 0.25) is 0 Å². The normalized spacial score (nSPS) is 18.5. The van der Waals surface area contributed by atoms with Gasteiger partial charge in [0.2, 0.25) is 5.91 Å². The summed E-state index contributed by atoms with van der Waals surface area (Å²) in [6.07, 6.45) is 5.51. The smallest absolute Gasteiger partial charge is 0.233 e. The number of oxime groups is 1. The van der Waals surface area contributed by atoms with Gasteiger partial charge in [-0.25, -0.2) is 0 Å². The van der Waals surface area contributed by atoms with Crippen molar-refractivity contribution in [1.29, 1.82) is 0 Å². The van der Waals surface area contributed by atoms with Gasteiger partial charge in [0, 0.05) is 12.6 Å². The molecule has 1 amide bonds. The molecule has 5 heteroatoms. The molecule has 5 nitrogen and oxygen atoms in total. The number of amidine groups is 1. The number of hydrogen-bond donors (Lipinski definition) is 2. The SMILES string of the molecule is CC(C)CCN(C(=O)C(C(N)=NO)C(C)C)C1CCCC1. The largest absolute Gasteiger partial charge is 0.409 e. The van der Waals surface area contributed by atoms with Crippen molar-refractivity contribution in [2.24, 2.45) is 28.6 Å². The Bertz CT molecular complexity index is 361. The quantitative estimate of drug-likeness (QED) is 0.328. The lowest BCUT2D eigenvalue weighted by Gasteiger charge is -2.33. The third kappa shape index (κ3) is 4.90. The Morgan fingerprint density at radius 3 is 2.29 bits per heavy atom. The molecule has 1 rings (SSSR count). The molecule has 1 aliphatic carbocycles. The van der Waals surface area contributed by atoms with E-state index in [1.165, 1.54) is 12.8 Å². The molecule has 0 aromatic rings. The molecule has 0 bridgehead atoms. The first kappa shape index (κ1) is 17.8. The molecule has 1 aliphatic rings. The molecule has 1 atom stereocenters. The summed E-state index contributed by atoms with van der Waals surface area (Å²) in [5.41, 5.74) is 5.76. The van der Waals surface area contributed by atoms with Crippen LogP contribution >= 0.6 is 0 Å². The third-order valence-electron chi connectivity index (χ3n) is 4.36. The van der Waals surface area contributed by atoms with Crippen molar-refractivity contribution < 1.29 is 10.0 Å². The zero-order chi connectivity index (χ0) is 16.0. The second kappa shape index (κ2) is 8.25. The van der Waals surface area contributed by atoms with Gasteiger partial charge in [-0.15, -0.1) is 0 Å². The summed E-state index contributed by atoms with van der Waals surface area (Å²) in [6.45, 7) is 8.98. The first-order chi connectivity index (χ1) is 9.88. The maximum absolute atomic E-state index is 12.9. The first-order valence-electron chi connectivity index (χ1n) is 8.16. The summed E-state index contributed by atoms with van der Waals surface area (Å²) in [5, 5.41) is 12.0. The van der Waals surface area contributed by atoms with E-state index in [4.69, 9.17) is 10.9 Å². The van der Waals surface area contributed by atoms with Crippen molar-refractivity contribution in [3.8, 4) is 0 Å². The predicted octanol–water partition coefficient (Wildman–Crippen LogP) is 2.82. The molecule has 1 unspecified atom stereocenters. The second-order valence-corrected chi connectivity index (χ2v) is 6.90. The minimum atomic E-state index is -0.525. The maximum atomic E-state index is 12.9. The number of carbonyl (C=O) groups excluding carboxylic acids is 1. The number of amides is 1. The highest BCUT2D eigenvalue weighted by Crippen LogP contribution is 2.27. The Morgan fingerprint density at radius 2 is 1.86 bits per heavy atom. The van der Waals surface area contributed by atoms with Crippen LogP contribution in [0.25, 0.3) is 0 Å². The summed E-state index contributed by atoms with van der Waals surface area (Å²) < 4.78 is 0. The Labute approximate surface area is 128 Å². The Morgan fingerprint density at radius 1 is 1.29 bits per heavy atom. The predicted molar refractivity (Wildman–Crippen MR) is 85.2 cm³/mol. The molecular formula is C16H31N3O2. The molecule has 0 spiro atoms. The van der Waals surface area contributed by atoms with Gasteiger partial charge < -0.3 is 15.8 Å². The van der Waals surface area contributed by atoms with E-state index in [1.54, 1.807) is 0 Å². The third-order valence-corrected chi connectivity index (χ3v) is 4.36. The van der Waals surface area contributed by atoms with Crippen molar-refractivity contribution >= 4 is 11.7 Å².